The van der Waals surface area contributed by atoms with Gasteiger partial charge >= 0.3 is 0 Å². The maximum absolute atomic E-state index is 13.2. The highest BCUT2D eigenvalue weighted by Gasteiger charge is 2.35. The Morgan fingerprint density at radius 3 is 2.56 bits per heavy atom. The molecule has 25 heavy (non-hydrogen) atoms. The van der Waals surface area contributed by atoms with Gasteiger partial charge in [-0.05, 0) is 42.7 Å². The van der Waals surface area contributed by atoms with Crippen molar-refractivity contribution in [1.82, 2.24) is 10.3 Å². The average Bonchev–Trinajstić information content (AvgIpc) is 3.10. The molecule has 1 aliphatic carbocycles. The van der Waals surface area contributed by atoms with Crippen LogP contribution in [0.1, 0.15) is 31.2 Å². The minimum atomic E-state index is -0.229. The molecule has 6 heteroatoms. The van der Waals surface area contributed by atoms with Gasteiger partial charge in [0.2, 0.25) is 5.91 Å². The van der Waals surface area contributed by atoms with E-state index in [-0.39, 0.29) is 17.1 Å². The highest BCUT2D eigenvalue weighted by Crippen LogP contribution is 2.40. The molecule has 0 unspecified atom stereocenters. The topological polar surface area (TPSA) is 42.0 Å². The number of pyridine rings is 1. The Morgan fingerprint density at radius 2 is 1.92 bits per heavy atom. The summed E-state index contributed by atoms with van der Waals surface area (Å²) in [6, 6.07) is 10.3. The number of benzene rings is 1. The van der Waals surface area contributed by atoms with Gasteiger partial charge in [-0.2, -0.15) is 0 Å². The first-order chi connectivity index (χ1) is 12.1. The number of nitrogens with zero attached hydrogens (tertiary/aromatic N) is 1. The normalized spacial score (nSPS) is 15.9. The van der Waals surface area contributed by atoms with E-state index in [1.807, 2.05) is 12.1 Å². The standard InChI is InChI=1S/C19H20ClFN2OS/c20-15-5-8-18(22-11-15)25-12-17(24)23-13-19(9-1-2-10-19)14-3-6-16(21)7-4-14/h3-8,11H,1-2,9-10,12-13H2,(H,23,24). The number of amides is 1. The van der Waals surface area contributed by atoms with Gasteiger partial charge in [0.25, 0.3) is 0 Å². The van der Waals surface area contributed by atoms with Gasteiger partial charge in [-0.25, -0.2) is 9.37 Å². The van der Waals surface area contributed by atoms with Crippen LogP contribution in [0.4, 0.5) is 4.39 Å². The van der Waals surface area contributed by atoms with Gasteiger partial charge in [-0.15, -0.1) is 0 Å². The molecular weight excluding hydrogens is 359 g/mol. The van der Waals surface area contributed by atoms with Crippen molar-refractivity contribution >= 4 is 29.3 Å². The van der Waals surface area contributed by atoms with Crippen LogP contribution < -0.4 is 5.32 Å². The number of hydrogen-bond donors (Lipinski definition) is 1. The molecule has 0 saturated heterocycles. The lowest BCUT2D eigenvalue weighted by Gasteiger charge is -2.30. The molecule has 0 bridgehead atoms. The van der Waals surface area contributed by atoms with Crippen molar-refractivity contribution in [1.29, 1.82) is 0 Å². The Morgan fingerprint density at radius 1 is 1.20 bits per heavy atom. The summed E-state index contributed by atoms with van der Waals surface area (Å²) in [5.41, 5.74) is 1.03. The van der Waals surface area contributed by atoms with Crippen molar-refractivity contribution in [3.05, 3.63) is 59.0 Å². The lowest BCUT2D eigenvalue weighted by Crippen LogP contribution is -2.39. The summed E-state index contributed by atoms with van der Waals surface area (Å²) in [6.07, 6.45) is 5.88. The zero-order chi connectivity index (χ0) is 17.7. The second-order valence-electron chi connectivity index (χ2n) is 6.37. The molecule has 2 aromatic rings. The number of thioether (sulfide) groups is 1. The Kier molecular flexibility index (Phi) is 5.97. The van der Waals surface area contributed by atoms with Crippen LogP contribution in [0.2, 0.25) is 5.02 Å². The molecule has 3 rings (SSSR count). The minimum absolute atomic E-state index is 0.0184. The number of nitrogens with one attached hydrogen (secondary N) is 1. The zero-order valence-electron chi connectivity index (χ0n) is 13.8. The van der Waals surface area contributed by atoms with E-state index in [0.29, 0.717) is 17.3 Å². The van der Waals surface area contributed by atoms with Crippen LogP contribution in [0.3, 0.4) is 0 Å². The van der Waals surface area contributed by atoms with Crippen molar-refractivity contribution in [2.24, 2.45) is 0 Å². The number of hydrogen-bond acceptors (Lipinski definition) is 3. The second-order valence-corrected chi connectivity index (χ2v) is 7.81. The van der Waals surface area contributed by atoms with E-state index in [4.69, 9.17) is 11.6 Å². The third-order valence-corrected chi connectivity index (χ3v) is 5.86. The van der Waals surface area contributed by atoms with Gasteiger partial charge in [-0.3, -0.25) is 4.79 Å². The molecule has 1 fully saturated rings. The fourth-order valence-electron chi connectivity index (χ4n) is 3.33. The van der Waals surface area contributed by atoms with Gasteiger partial charge in [0.05, 0.1) is 15.8 Å². The van der Waals surface area contributed by atoms with Crippen molar-refractivity contribution in [2.45, 2.75) is 36.1 Å². The van der Waals surface area contributed by atoms with Crippen molar-refractivity contribution < 1.29 is 9.18 Å². The van der Waals surface area contributed by atoms with Crippen molar-refractivity contribution in [3.63, 3.8) is 0 Å². The molecule has 3 nitrogen and oxygen atoms in total. The molecule has 1 aromatic heterocycles. The van der Waals surface area contributed by atoms with Gasteiger partial charge in [0.15, 0.2) is 0 Å². The summed E-state index contributed by atoms with van der Waals surface area (Å²) < 4.78 is 13.2. The first-order valence-corrected chi connectivity index (χ1v) is 9.71. The van der Waals surface area contributed by atoms with Crippen LogP contribution in [0, 0.1) is 5.82 Å². The summed E-state index contributed by atoms with van der Waals surface area (Å²) in [6.45, 7) is 0.589. The monoisotopic (exact) mass is 378 g/mol. The molecule has 1 aliphatic rings. The highest BCUT2D eigenvalue weighted by molar-refractivity contribution is 7.99. The molecule has 1 amide bonds. The van der Waals surface area contributed by atoms with Gasteiger partial charge < -0.3 is 5.32 Å². The zero-order valence-corrected chi connectivity index (χ0v) is 15.4. The predicted octanol–water partition coefficient (Wildman–Crippen LogP) is 4.59. The molecule has 132 valence electrons. The molecule has 1 heterocycles. The van der Waals surface area contributed by atoms with E-state index in [1.165, 1.54) is 23.9 Å². The van der Waals surface area contributed by atoms with Crippen LogP contribution in [0.5, 0.6) is 0 Å². The third kappa shape index (κ3) is 4.73. The maximum Gasteiger partial charge on any atom is 0.230 e. The lowest BCUT2D eigenvalue weighted by molar-refractivity contribution is -0.118. The fraction of sp³-hybridized carbons (Fsp3) is 0.368. The first kappa shape index (κ1) is 18.2. The summed E-state index contributed by atoms with van der Waals surface area (Å²) in [4.78, 5) is 16.4. The summed E-state index contributed by atoms with van der Waals surface area (Å²) in [5, 5.41) is 4.40. The predicted molar refractivity (Wildman–Crippen MR) is 99.5 cm³/mol. The largest absolute Gasteiger partial charge is 0.354 e. The van der Waals surface area contributed by atoms with Gasteiger partial charge in [0, 0.05) is 18.2 Å². The number of halogens is 2. The minimum Gasteiger partial charge on any atom is -0.354 e. The molecule has 1 N–H and O–H groups in total. The SMILES string of the molecule is O=C(CSc1ccc(Cl)cn1)NCC1(c2ccc(F)cc2)CCCC1. The molecule has 0 spiro atoms. The molecule has 0 radical (unpaired) electrons. The van der Waals surface area contributed by atoms with E-state index in [9.17, 15) is 9.18 Å². The van der Waals surface area contributed by atoms with Crippen molar-refractivity contribution in [2.75, 3.05) is 12.3 Å². The Bertz CT molecular complexity index is 715. The number of rotatable bonds is 6. The Balaban J connectivity index is 1.57. The van der Waals surface area contributed by atoms with Crippen LogP contribution in [0.25, 0.3) is 0 Å². The average molecular weight is 379 g/mol. The van der Waals surface area contributed by atoms with Crippen LogP contribution in [-0.2, 0) is 10.2 Å². The second kappa shape index (κ2) is 8.19. The lowest BCUT2D eigenvalue weighted by atomic mass is 9.79. The smallest absolute Gasteiger partial charge is 0.230 e. The molecular formula is C19H20ClFN2OS. The van der Waals surface area contributed by atoms with Gasteiger partial charge in [0.1, 0.15) is 5.82 Å². The van der Waals surface area contributed by atoms with Crippen molar-refractivity contribution in [3.8, 4) is 0 Å². The number of carbonyl (C=O) groups excluding carboxylic acids is 1. The summed E-state index contributed by atoms with van der Waals surface area (Å²) in [7, 11) is 0. The van der Waals surface area contributed by atoms with E-state index in [0.717, 1.165) is 36.3 Å². The fourth-order valence-corrected chi connectivity index (χ4v) is 4.11. The number of carbonyl (C=O) groups is 1. The summed E-state index contributed by atoms with van der Waals surface area (Å²) in [5.74, 6) is 0.0663. The number of aromatic nitrogens is 1. The van der Waals surface area contributed by atoms with Gasteiger partial charge in [-0.1, -0.05) is 48.3 Å². The Hall–Kier alpha value is -1.59. The quantitative estimate of drug-likeness (QED) is 0.747. The van der Waals surface area contributed by atoms with Crippen LogP contribution >= 0.6 is 23.4 Å². The maximum atomic E-state index is 13.2. The third-order valence-electron chi connectivity index (χ3n) is 4.69. The molecule has 1 aromatic carbocycles. The van der Waals surface area contributed by atoms with E-state index >= 15 is 0 Å². The van der Waals surface area contributed by atoms with Crippen LogP contribution in [0.15, 0.2) is 47.6 Å². The molecule has 0 atom stereocenters. The first-order valence-electron chi connectivity index (χ1n) is 8.35. The molecule has 1 saturated carbocycles. The van der Waals surface area contributed by atoms with E-state index in [2.05, 4.69) is 10.3 Å². The Labute approximate surface area is 156 Å². The van der Waals surface area contributed by atoms with E-state index < -0.39 is 0 Å². The van der Waals surface area contributed by atoms with Crippen LogP contribution in [-0.4, -0.2) is 23.2 Å². The van der Waals surface area contributed by atoms with E-state index in [1.54, 1.807) is 18.3 Å². The summed E-state index contributed by atoms with van der Waals surface area (Å²) >= 11 is 7.19. The highest BCUT2D eigenvalue weighted by atomic mass is 35.5. The molecule has 0 aliphatic heterocycles.